The van der Waals surface area contributed by atoms with Gasteiger partial charge in [-0.05, 0) is 62.3 Å². The fraction of sp³-hybridized carbons (Fsp3) is 0.200. The van der Waals surface area contributed by atoms with E-state index in [9.17, 15) is 9.59 Å². The summed E-state index contributed by atoms with van der Waals surface area (Å²) >= 11 is 5.19. The standard InChI is InChI=1S/C20H19N3O2S/c1-12-5-8-15(9-6-12)23-19(25)16(18(24)22-20(23)26)11-21-17-10-13(2)4-7-14(17)3/h4-11,16H,1-3H3,(H,22,24,26)/t16-/m0/s1. The van der Waals surface area contributed by atoms with Crippen molar-refractivity contribution < 1.29 is 9.59 Å². The van der Waals surface area contributed by atoms with Gasteiger partial charge in [-0.15, -0.1) is 0 Å². The molecule has 1 aliphatic rings. The molecule has 0 bridgehead atoms. The summed E-state index contributed by atoms with van der Waals surface area (Å²) in [5.74, 6) is -1.89. The smallest absolute Gasteiger partial charge is 0.251 e. The summed E-state index contributed by atoms with van der Waals surface area (Å²) in [7, 11) is 0. The van der Waals surface area contributed by atoms with Gasteiger partial charge in [0.25, 0.3) is 5.91 Å². The van der Waals surface area contributed by atoms with Gasteiger partial charge in [0.05, 0.1) is 11.4 Å². The summed E-state index contributed by atoms with van der Waals surface area (Å²) < 4.78 is 0. The fourth-order valence-corrected chi connectivity index (χ4v) is 2.97. The number of carbonyl (C=O) groups is 2. The first-order chi connectivity index (χ1) is 12.4. The van der Waals surface area contributed by atoms with Crippen molar-refractivity contribution in [2.24, 2.45) is 10.9 Å². The molecule has 2 aromatic carbocycles. The second-order valence-electron chi connectivity index (χ2n) is 6.35. The van der Waals surface area contributed by atoms with E-state index in [1.807, 2.05) is 51.1 Å². The third kappa shape index (κ3) is 3.55. The largest absolute Gasteiger partial charge is 0.301 e. The van der Waals surface area contributed by atoms with Crippen molar-refractivity contribution in [1.29, 1.82) is 0 Å². The predicted molar refractivity (Wildman–Crippen MR) is 107 cm³/mol. The van der Waals surface area contributed by atoms with Crippen molar-refractivity contribution in [3.05, 3.63) is 59.2 Å². The number of nitrogens with one attached hydrogen (secondary N) is 1. The van der Waals surface area contributed by atoms with Crippen LogP contribution < -0.4 is 10.2 Å². The van der Waals surface area contributed by atoms with Crippen LogP contribution in [0.4, 0.5) is 11.4 Å². The van der Waals surface area contributed by atoms with Gasteiger partial charge in [-0.2, -0.15) is 0 Å². The molecule has 26 heavy (non-hydrogen) atoms. The van der Waals surface area contributed by atoms with Gasteiger partial charge in [-0.1, -0.05) is 29.8 Å². The Kier molecular flexibility index (Phi) is 4.95. The summed E-state index contributed by atoms with van der Waals surface area (Å²) in [5.41, 5.74) is 4.46. The van der Waals surface area contributed by atoms with E-state index in [0.717, 1.165) is 22.4 Å². The zero-order chi connectivity index (χ0) is 18.8. The van der Waals surface area contributed by atoms with Crippen molar-refractivity contribution in [3.63, 3.8) is 0 Å². The first-order valence-electron chi connectivity index (χ1n) is 8.24. The molecule has 2 aromatic rings. The first kappa shape index (κ1) is 17.9. The second kappa shape index (κ2) is 7.17. The Morgan fingerprint density at radius 2 is 1.69 bits per heavy atom. The minimum Gasteiger partial charge on any atom is -0.301 e. The van der Waals surface area contributed by atoms with E-state index in [-0.39, 0.29) is 5.11 Å². The number of aliphatic imine (C=N–C) groups is 1. The lowest BCUT2D eigenvalue weighted by atomic mass is 10.1. The van der Waals surface area contributed by atoms with Crippen LogP contribution in [0.3, 0.4) is 0 Å². The molecule has 1 heterocycles. The van der Waals surface area contributed by atoms with Gasteiger partial charge < -0.3 is 5.32 Å². The molecule has 0 saturated carbocycles. The summed E-state index contributed by atoms with van der Waals surface area (Å²) in [6.07, 6.45) is 1.39. The average Bonchev–Trinajstić information content (AvgIpc) is 2.59. The van der Waals surface area contributed by atoms with Crippen LogP contribution in [0.1, 0.15) is 16.7 Å². The minimum absolute atomic E-state index is 0.0836. The van der Waals surface area contributed by atoms with Gasteiger partial charge in [0.15, 0.2) is 11.0 Å². The molecule has 1 fully saturated rings. The van der Waals surface area contributed by atoms with Crippen LogP contribution in [-0.4, -0.2) is 23.1 Å². The Balaban J connectivity index is 1.91. The number of benzene rings is 2. The molecule has 0 spiro atoms. The van der Waals surface area contributed by atoms with Crippen molar-refractivity contribution in [2.45, 2.75) is 20.8 Å². The first-order valence-corrected chi connectivity index (χ1v) is 8.64. The molecule has 2 amide bonds. The van der Waals surface area contributed by atoms with Crippen LogP contribution in [0.15, 0.2) is 47.5 Å². The van der Waals surface area contributed by atoms with Crippen LogP contribution in [0.2, 0.25) is 0 Å². The van der Waals surface area contributed by atoms with E-state index in [1.165, 1.54) is 11.1 Å². The maximum atomic E-state index is 12.9. The molecule has 3 rings (SSSR count). The van der Waals surface area contributed by atoms with Crippen molar-refractivity contribution >= 4 is 46.7 Å². The van der Waals surface area contributed by atoms with E-state index in [4.69, 9.17) is 12.2 Å². The Labute approximate surface area is 157 Å². The third-order valence-corrected chi connectivity index (χ3v) is 4.51. The van der Waals surface area contributed by atoms with Crippen molar-refractivity contribution in [1.82, 2.24) is 5.32 Å². The maximum absolute atomic E-state index is 12.9. The molecule has 1 N–H and O–H groups in total. The van der Waals surface area contributed by atoms with Gasteiger partial charge >= 0.3 is 0 Å². The number of hydrogen-bond donors (Lipinski definition) is 1. The number of thiocarbonyl (C=S) groups is 1. The second-order valence-corrected chi connectivity index (χ2v) is 6.74. The van der Waals surface area contributed by atoms with E-state index in [1.54, 1.807) is 12.1 Å². The lowest BCUT2D eigenvalue weighted by molar-refractivity contribution is -0.130. The topological polar surface area (TPSA) is 61.8 Å². The highest BCUT2D eigenvalue weighted by Crippen LogP contribution is 2.23. The lowest BCUT2D eigenvalue weighted by Crippen LogP contribution is -2.58. The summed E-state index contributed by atoms with van der Waals surface area (Å²) in [6.45, 7) is 5.86. The molecule has 132 valence electrons. The molecule has 6 heteroatoms. The highest BCUT2D eigenvalue weighted by molar-refractivity contribution is 7.80. The zero-order valence-electron chi connectivity index (χ0n) is 14.8. The Morgan fingerprint density at radius 3 is 2.38 bits per heavy atom. The number of rotatable bonds is 3. The SMILES string of the molecule is Cc1ccc(N2C(=O)[C@@H](C=Nc3cc(C)ccc3C)C(=O)NC2=S)cc1. The minimum atomic E-state index is -1.03. The van der Waals surface area contributed by atoms with Gasteiger partial charge in [-0.25, -0.2) is 0 Å². The molecule has 0 aromatic heterocycles. The summed E-state index contributed by atoms with van der Waals surface area (Å²) in [4.78, 5) is 30.9. The summed E-state index contributed by atoms with van der Waals surface area (Å²) in [5, 5.41) is 2.68. The van der Waals surface area contributed by atoms with Crippen LogP contribution in [0.5, 0.6) is 0 Å². The van der Waals surface area contributed by atoms with Crippen LogP contribution >= 0.6 is 12.2 Å². The van der Waals surface area contributed by atoms with E-state index in [0.29, 0.717) is 5.69 Å². The predicted octanol–water partition coefficient (Wildman–Crippen LogP) is 3.38. The summed E-state index contributed by atoms with van der Waals surface area (Å²) in [6, 6.07) is 13.2. The molecule has 0 radical (unpaired) electrons. The Hall–Kier alpha value is -2.86. The van der Waals surface area contributed by atoms with E-state index in [2.05, 4.69) is 10.3 Å². The number of nitrogens with zero attached hydrogens (tertiary/aromatic N) is 2. The number of anilines is 1. The number of hydrogen-bond acceptors (Lipinski definition) is 4. The molecule has 1 aliphatic heterocycles. The van der Waals surface area contributed by atoms with Crippen LogP contribution in [0.25, 0.3) is 0 Å². The quantitative estimate of drug-likeness (QED) is 0.515. The highest BCUT2D eigenvalue weighted by atomic mass is 32.1. The van der Waals surface area contributed by atoms with E-state index >= 15 is 0 Å². The average molecular weight is 365 g/mol. The van der Waals surface area contributed by atoms with Gasteiger partial charge in [0.1, 0.15) is 0 Å². The molecule has 0 aliphatic carbocycles. The lowest BCUT2D eigenvalue weighted by Gasteiger charge is -2.31. The molecule has 1 atom stereocenters. The van der Waals surface area contributed by atoms with Crippen LogP contribution in [-0.2, 0) is 9.59 Å². The van der Waals surface area contributed by atoms with Gasteiger partial charge in [0.2, 0.25) is 5.91 Å². The molecular formula is C20H19N3O2S. The van der Waals surface area contributed by atoms with Crippen LogP contribution in [0, 0.1) is 26.7 Å². The molecule has 0 unspecified atom stereocenters. The number of carbonyl (C=O) groups excluding carboxylic acids is 2. The molecule has 5 nitrogen and oxygen atoms in total. The van der Waals surface area contributed by atoms with Gasteiger partial charge in [0, 0.05) is 6.21 Å². The molecular weight excluding hydrogens is 346 g/mol. The van der Waals surface area contributed by atoms with Crippen molar-refractivity contribution in [2.75, 3.05) is 4.90 Å². The van der Waals surface area contributed by atoms with Gasteiger partial charge in [-0.3, -0.25) is 19.5 Å². The highest BCUT2D eigenvalue weighted by Gasteiger charge is 2.38. The maximum Gasteiger partial charge on any atom is 0.251 e. The Morgan fingerprint density at radius 1 is 1.04 bits per heavy atom. The molecule has 1 saturated heterocycles. The normalized spacial score (nSPS) is 17.7. The van der Waals surface area contributed by atoms with Crippen molar-refractivity contribution in [3.8, 4) is 0 Å². The monoisotopic (exact) mass is 365 g/mol. The third-order valence-electron chi connectivity index (χ3n) is 4.22. The Bertz CT molecular complexity index is 919. The fourth-order valence-electron chi connectivity index (χ4n) is 2.67. The van der Waals surface area contributed by atoms with E-state index < -0.39 is 17.7 Å². The number of amides is 2. The number of aryl methyl sites for hydroxylation is 3. The zero-order valence-corrected chi connectivity index (χ0v) is 15.6.